The number of para-hydroxylation sites is 1. The fraction of sp³-hybridized carbons (Fsp3) is 0.556. The molecule has 6 heteroatoms. The molecular formula is C18H28N4O2. The van der Waals surface area contributed by atoms with Crippen molar-refractivity contribution in [1.82, 2.24) is 16.0 Å². The number of hydrogen-bond donors (Lipinski definition) is 4. The first-order chi connectivity index (χ1) is 11.7. The Balaban J connectivity index is 1.75. The van der Waals surface area contributed by atoms with E-state index in [1.807, 2.05) is 31.2 Å². The van der Waals surface area contributed by atoms with Crippen LogP contribution < -0.4 is 21.3 Å². The van der Waals surface area contributed by atoms with Crippen LogP contribution in [0.1, 0.15) is 44.6 Å². The van der Waals surface area contributed by atoms with E-state index >= 15 is 0 Å². The molecule has 0 aromatic heterocycles. The van der Waals surface area contributed by atoms with E-state index in [-0.39, 0.29) is 24.5 Å². The average Bonchev–Trinajstić information content (AvgIpc) is 2.60. The number of rotatable bonds is 7. The highest BCUT2D eigenvalue weighted by Gasteiger charge is 2.16. The van der Waals surface area contributed by atoms with Gasteiger partial charge in [0, 0.05) is 18.3 Å². The van der Waals surface area contributed by atoms with Gasteiger partial charge in [0.1, 0.15) is 0 Å². The first-order valence-corrected chi connectivity index (χ1v) is 8.82. The molecule has 3 amide bonds. The maximum absolute atomic E-state index is 12.1. The molecule has 1 aromatic rings. The van der Waals surface area contributed by atoms with Gasteiger partial charge in [0.25, 0.3) is 0 Å². The summed E-state index contributed by atoms with van der Waals surface area (Å²) in [6.45, 7) is 3.57. The van der Waals surface area contributed by atoms with Gasteiger partial charge in [0.15, 0.2) is 0 Å². The summed E-state index contributed by atoms with van der Waals surface area (Å²) in [4.78, 5) is 23.9. The van der Waals surface area contributed by atoms with Crippen molar-refractivity contribution in [3.8, 4) is 0 Å². The lowest BCUT2D eigenvalue weighted by Crippen LogP contribution is -2.45. The summed E-state index contributed by atoms with van der Waals surface area (Å²) in [7, 11) is 0. The minimum absolute atomic E-state index is 0.0336. The van der Waals surface area contributed by atoms with Crippen LogP contribution in [0.3, 0.4) is 0 Å². The Hall–Kier alpha value is -2.08. The summed E-state index contributed by atoms with van der Waals surface area (Å²) in [5.74, 6) is -0.224. The third kappa shape index (κ3) is 6.20. The molecule has 0 atom stereocenters. The van der Waals surface area contributed by atoms with E-state index < -0.39 is 0 Å². The third-order valence-corrected chi connectivity index (χ3v) is 4.21. The molecule has 0 heterocycles. The third-order valence-electron chi connectivity index (χ3n) is 4.21. The van der Waals surface area contributed by atoms with Crippen LogP contribution in [-0.4, -0.2) is 31.1 Å². The fourth-order valence-electron chi connectivity index (χ4n) is 2.89. The average molecular weight is 332 g/mol. The van der Waals surface area contributed by atoms with Crippen molar-refractivity contribution in [1.29, 1.82) is 0 Å². The molecule has 1 aliphatic rings. The summed E-state index contributed by atoms with van der Waals surface area (Å²) in [6.07, 6.45) is 5.62. The normalized spacial score (nSPS) is 14.9. The van der Waals surface area contributed by atoms with E-state index in [0.717, 1.165) is 43.5 Å². The second-order valence-electron chi connectivity index (χ2n) is 6.15. The zero-order chi connectivity index (χ0) is 17.2. The first-order valence-electron chi connectivity index (χ1n) is 8.82. The van der Waals surface area contributed by atoms with E-state index in [9.17, 15) is 9.59 Å². The predicted octanol–water partition coefficient (Wildman–Crippen LogP) is 2.37. The largest absolute Gasteiger partial charge is 0.335 e. The van der Waals surface area contributed by atoms with Gasteiger partial charge in [-0.3, -0.25) is 4.79 Å². The summed E-state index contributed by atoms with van der Waals surface area (Å²) in [5, 5.41) is 11.7. The van der Waals surface area contributed by atoms with E-state index in [1.165, 1.54) is 6.42 Å². The predicted molar refractivity (Wildman–Crippen MR) is 95.9 cm³/mol. The van der Waals surface area contributed by atoms with Gasteiger partial charge in [0.2, 0.25) is 5.91 Å². The van der Waals surface area contributed by atoms with Gasteiger partial charge in [-0.1, -0.05) is 44.4 Å². The van der Waals surface area contributed by atoms with Crippen LogP contribution in [0.4, 0.5) is 10.5 Å². The topological polar surface area (TPSA) is 82.3 Å². The Morgan fingerprint density at radius 2 is 1.88 bits per heavy atom. The molecule has 1 saturated carbocycles. The van der Waals surface area contributed by atoms with E-state index in [2.05, 4.69) is 21.3 Å². The monoisotopic (exact) mass is 332 g/mol. The lowest BCUT2D eigenvalue weighted by atomic mass is 9.96. The summed E-state index contributed by atoms with van der Waals surface area (Å²) in [6, 6.07) is 7.64. The van der Waals surface area contributed by atoms with Crippen molar-refractivity contribution in [3.05, 3.63) is 29.8 Å². The van der Waals surface area contributed by atoms with Crippen LogP contribution in [0.2, 0.25) is 0 Å². The number of urea groups is 1. The highest BCUT2D eigenvalue weighted by atomic mass is 16.2. The summed E-state index contributed by atoms with van der Waals surface area (Å²) < 4.78 is 0. The van der Waals surface area contributed by atoms with Crippen molar-refractivity contribution < 1.29 is 9.59 Å². The molecule has 0 unspecified atom stereocenters. The van der Waals surface area contributed by atoms with Gasteiger partial charge in [-0.15, -0.1) is 0 Å². The Labute approximate surface area is 143 Å². The van der Waals surface area contributed by atoms with Gasteiger partial charge in [-0.25, -0.2) is 4.79 Å². The number of nitrogens with one attached hydrogen (secondary N) is 4. The van der Waals surface area contributed by atoms with E-state index in [0.29, 0.717) is 6.54 Å². The SMILES string of the molecule is CCNCc1ccccc1NC(=O)CNC(=O)NC1CCCCC1. The Morgan fingerprint density at radius 1 is 1.12 bits per heavy atom. The van der Waals surface area contributed by atoms with Crippen LogP contribution in [-0.2, 0) is 11.3 Å². The van der Waals surface area contributed by atoms with Crippen LogP contribution >= 0.6 is 0 Å². The number of hydrogen-bond acceptors (Lipinski definition) is 3. The van der Waals surface area contributed by atoms with Crippen molar-refractivity contribution in [2.45, 2.75) is 51.6 Å². The standard InChI is InChI=1S/C18H28N4O2/c1-2-19-12-14-8-6-7-11-16(14)22-17(23)13-20-18(24)21-15-9-4-3-5-10-15/h6-8,11,15,19H,2-5,9-10,12-13H2,1H3,(H,22,23)(H2,20,21,24). The van der Waals surface area contributed by atoms with E-state index in [4.69, 9.17) is 0 Å². The molecule has 1 fully saturated rings. The van der Waals surface area contributed by atoms with Gasteiger partial charge in [-0.2, -0.15) is 0 Å². The molecule has 132 valence electrons. The molecule has 0 aliphatic heterocycles. The second kappa shape index (κ2) is 9.93. The van der Waals surface area contributed by atoms with Crippen molar-refractivity contribution in [3.63, 3.8) is 0 Å². The highest BCUT2D eigenvalue weighted by molar-refractivity contribution is 5.94. The highest BCUT2D eigenvalue weighted by Crippen LogP contribution is 2.17. The van der Waals surface area contributed by atoms with Gasteiger partial charge in [0.05, 0.1) is 6.54 Å². The molecule has 0 bridgehead atoms. The molecule has 0 saturated heterocycles. The van der Waals surface area contributed by atoms with Gasteiger partial charge in [-0.05, 0) is 31.0 Å². The maximum Gasteiger partial charge on any atom is 0.315 e. The van der Waals surface area contributed by atoms with Gasteiger partial charge < -0.3 is 21.3 Å². The van der Waals surface area contributed by atoms with Crippen molar-refractivity contribution in [2.75, 3.05) is 18.4 Å². The smallest absolute Gasteiger partial charge is 0.315 e. The number of carbonyl (C=O) groups excluding carboxylic acids is 2. The molecular weight excluding hydrogens is 304 g/mol. The minimum atomic E-state index is -0.266. The molecule has 0 radical (unpaired) electrons. The Kier molecular flexibility index (Phi) is 7.55. The zero-order valence-electron chi connectivity index (χ0n) is 14.4. The molecule has 0 spiro atoms. The zero-order valence-corrected chi connectivity index (χ0v) is 14.4. The number of carbonyl (C=O) groups is 2. The summed E-state index contributed by atoms with van der Waals surface area (Å²) >= 11 is 0. The lowest BCUT2D eigenvalue weighted by molar-refractivity contribution is -0.115. The van der Waals surface area contributed by atoms with Crippen LogP contribution in [0.25, 0.3) is 0 Å². The maximum atomic E-state index is 12.1. The number of anilines is 1. The van der Waals surface area contributed by atoms with Crippen molar-refractivity contribution >= 4 is 17.6 Å². The summed E-state index contributed by atoms with van der Waals surface area (Å²) in [5.41, 5.74) is 1.80. The Morgan fingerprint density at radius 3 is 2.62 bits per heavy atom. The van der Waals surface area contributed by atoms with Gasteiger partial charge >= 0.3 is 6.03 Å². The minimum Gasteiger partial charge on any atom is -0.335 e. The Bertz CT molecular complexity index is 542. The van der Waals surface area contributed by atoms with Crippen molar-refractivity contribution in [2.24, 2.45) is 0 Å². The second-order valence-corrected chi connectivity index (χ2v) is 6.15. The first kappa shape index (κ1) is 18.3. The molecule has 1 aromatic carbocycles. The van der Waals surface area contributed by atoms with Crippen LogP contribution in [0, 0.1) is 0 Å². The number of benzene rings is 1. The molecule has 6 nitrogen and oxygen atoms in total. The molecule has 4 N–H and O–H groups in total. The quantitative estimate of drug-likeness (QED) is 0.619. The van der Waals surface area contributed by atoms with E-state index in [1.54, 1.807) is 0 Å². The number of amides is 3. The fourth-order valence-corrected chi connectivity index (χ4v) is 2.89. The molecule has 24 heavy (non-hydrogen) atoms. The lowest BCUT2D eigenvalue weighted by Gasteiger charge is -2.22. The molecule has 2 rings (SSSR count). The van der Waals surface area contributed by atoms with Crippen LogP contribution in [0.5, 0.6) is 0 Å². The van der Waals surface area contributed by atoms with Crippen LogP contribution in [0.15, 0.2) is 24.3 Å². The molecule has 1 aliphatic carbocycles.